The minimum absolute atomic E-state index is 0.175. The molecule has 0 spiro atoms. The number of carbonyl (C=O) groups excluding carboxylic acids is 1. The van der Waals surface area contributed by atoms with Gasteiger partial charge in [0.15, 0.2) is 0 Å². The zero-order chi connectivity index (χ0) is 11.5. The van der Waals surface area contributed by atoms with Gasteiger partial charge in [-0.25, -0.2) is 9.97 Å². The van der Waals surface area contributed by atoms with Gasteiger partial charge in [0.25, 0.3) is 5.91 Å². The van der Waals surface area contributed by atoms with Crippen molar-refractivity contribution in [3.63, 3.8) is 0 Å². The molecule has 2 rings (SSSR count). The maximum absolute atomic E-state index is 11.0. The quantitative estimate of drug-likeness (QED) is 0.808. The van der Waals surface area contributed by atoms with E-state index >= 15 is 0 Å². The zero-order valence-corrected chi connectivity index (χ0v) is 10.2. The number of amides is 1. The molecule has 5 nitrogen and oxygen atoms in total. The predicted octanol–water partition coefficient (Wildman–Crippen LogP) is 0.679. The summed E-state index contributed by atoms with van der Waals surface area (Å²) in [6.07, 6.45) is 1.42. The fourth-order valence-electron chi connectivity index (χ4n) is 1.39. The van der Waals surface area contributed by atoms with Crippen molar-refractivity contribution in [2.45, 2.75) is 5.25 Å². The van der Waals surface area contributed by atoms with Crippen LogP contribution in [-0.2, 0) is 0 Å². The molecule has 0 aliphatic carbocycles. The molecular formula is C9H12N4OS2. The second kappa shape index (κ2) is 4.92. The molecule has 1 amide bonds. The molecular weight excluding hydrogens is 244 g/mol. The molecule has 2 heterocycles. The third-order valence-electron chi connectivity index (χ3n) is 2.21. The van der Waals surface area contributed by atoms with Crippen molar-refractivity contribution in [3.8, 4) is 0 Å². The Kier molecular flexibility index (Phi) is 3.55. The highest BCUT2D eigenvalue weighted by Gasteiger charge is 2.20. The number of carbonyl (C=O) groups is 1. The second-order valence-corrected chi connectivity index (χ2v) is 5.79. The van der Waals surface area contributed by atoms with E-state index < -0.39 is 5.91 Å². The molecule has 86 valence electrons. The van der Waals surface area contributed by atoms with Gasteiger partial charge in [-0.3, -0.25) is 4.79 Å². The lowest BCUT2D eigenvalue weighted by Crippen LogP contribution is -2.17. The van der Waals surface area contributed by atoms with E-state index in [1.165, 1.54) is 6.20 Å². The molecule has 0 radical (unpaired) electrons. The Balaban J connectivity index is 2.23. The van der Waals surface area contributed by atoms with E-state index in [9.17, 15) is 4.79 Å². The third-order valence-corrected chi connectivity index (χ3v) is 4.96. The number of nitrogens with zero attached hydrogens (tertiary/aromatic N) is 2. The van der Waals surface area contributed by atoms with Gasteiger partial charge in [-0.05, 0) is 0 Å². The van der Waals surface area contributed by atoms with Crippen LogP contribution in [0.5, 0.6) is 0 Å². The fourth-order valence-corrected chi connectivity index (χ4v) is 4.00. The molecule has 1 aromatic heterocycles. The first kappa shape index (κ1) is 11.5. The minimum Gasteiger partial charge on any atom is -0.383 e. The summed E-state index contributed by atoms with van der Waals surface area (Å²) in [7, 11) is 0. The Morgan fingerprint density at radius 1 is 1.50 bits per heavy atom. The first-order valence-electron chi connectivity index (χ1n) is 4.80. The molecule has 1 aliphatic heterocycles. The van der Waals surface area contributed by atoms with Crippen LogP contribution < -0.4 is 11.5 Å². The number of primary amides is 1. The van der Waals surface area contributed by atoms with Crippen molar-refractivity contribution >= 4 is 35.2 Å². The highest BCUT2D eigenvalue weighted by molar-refractivity contribution is 8.06. The summed E-state index contributed by atoms with van der Waals surface area (Å²) >= 11 is 3.70. The van der Waals surface area contributed by atoms with E-state index in [0.29, 0.717) is 5.82 Å². The number of thioether (sulfide) groups is 2. The predicted molar refractivity (Wildman–Crippen MR) is 67.5 cm³/mol. The number of aromatic nitrogens is 2. The smallest absolute Gasteiger partial charge is 0.254 e. The summed E-state index contributed by atoms with van der Waals surface area (Å²) in [5.74, 6) is 3.52. The van der Waals surface area contributed by atoms with Gasteiger partial charge in [0.2, 0.25) is 0 Å². The average molecular weight is 256 g/mol. The monoisotopic (exact) mass is 256 g/mol. The SMILES string of the molecule is NC(=O)c1cnc(C2CSCCS2)nc1N. The normalized spacial score (nSPS) is 20.6. The third kappa shape index (κ3) is 2.41. The lowest BCUT2D eigenvalue weighted by Gasteiger charge is -2.19. The molecule has 0 bridgehead atoms. The van der Waals surface area contributed by atoms with E-state index in [4.69, 9.17) is 11.5 Å². The topological polar surface area (TPSA) is 94.9 Å². The van der Waals surface area contributed by atoms with E-state index in [2.05, 4.69) is 9.97 Å². The van der Waals surface area contributed by atoms with Crippen molar-refractivity contribution in [3.05, 3.63) is 17.6 Å². The lowest BCUT2D eigenvalue weighted by atomic mass is 10.3. The fraction of sp³-hybridized carbons (Fsp3) is 0.444. The number of nitrogen functional groups attached to an aromatic ring is 1. The Labute approximate surface area is 102 Å². The van der Waals surface area contributed by atoms with Gasteiger partial charge in [0.05, 0.1) is 10.8 Å². The van der Waals surface area contributed by atoms with Gasteiger partial charge >= 0.3 is 0 Å². The average Bonchev–Trinajstić information content (AvgIpc) is 2.29. The number of hydrogen-bond donors (Lipinski definition) is 2. The molecule has 1 aliphatic rings. The van der Waals surface area contributed by atoms with Gasteiger partial charge in [0, 0.05) is 23.5 Å². The largest absolute Gasteiger partial charge is 0.383 e. The van der Waals surface area contributed by atoms with Crippen LogP contribution in [-0.4, -0.2) is 33.1 Å². The van der Waals surface area contributed by atoms with E-state index in [-0.39, 0.29) is 16.6 Å². The summed E-state index contributed by atoms with van der Waals surface area (Å²) in [6, 6.07) is 0. The highest BCUT2D eigenvalue weighted by Crippen LogP contribution is 2.35. The van der Waals surface area contributed by atoms with E-state index in [0.717, 1.165) is 17.3 Å². The molecule has 0 aromatic carbocycles. The molecule has 0 saturated carbocycles. The number of anilines is 1. The van der Waals surface area contributed by atoms with Crippen molar-refractivity contribution in [2.75, 3.05) is 23.0 Å². The molecule has 1 unspecified atom stereocenters. The van der Waals surface area contributed by atoms with Crippen LogP contribution in [0.4, 0.5) is 5.82 Å². The van der Waals surface area contributed by atoms with Gasteiger partial charge in [-0.2, -0.15) is 11.8 Å². The zero-order valence-electron chi connectivity index (χ0n) is 8.55. The maximum Gasteiger partial charge on any atom is 0.254 e. The first-order chi connectivity index (χ1) is 7.68. The molecule has 1 atom stereocenters. The van der Waals surface area contributed by atoms with Gasteiger partial charge in [-0.1, -0.05) is 0 Å². The number of hydrogen-bond acceptors (Lipinski definition) is 6. The van der Waals surface area contributed by atoms with E-state index in [1.807, 2.05) is 23.5 Å². The molecule has 1 fully saturated rings. The Hall–Kier alpha value is -0.950. The molecule has 16 heavy (non-hydrogen) atoms. The van der Waals surface area contributed by atoms with Gasteiger partial charge in [-0.15, -0.1) is 11.8 Å². The van der Waals surface area contributed by atoms with E-state index in [1.54, 1.807) is 0 Å². The first-order valence-corrected chi connectivity index (χ1v) is 7.00. The van der Waals surface area contributed by atoms with Crippen LogP contribution in [0.2, 0.25) is 0 Å². The van der Waals surface area contributed by atoms with Crippen LogP contribution in [0.1, 0.15) is 21.4 Å². The Morgan fingerprint density at radius 3 is 2.88 bits per heavy atom. The van der Waals surface area contributed by atoms with Crippen molar-refractivity contribution < 1.29 is 4.79 Å². The second-order valence-electron chi connectivity index (χ2n) is 3.33. The van der Waals surface area contributed by atoms with Crippen LogP contribution in [0.25, 0.3) is 0 Å². The summed E-state index contributed by atoms with van der Waals surface area (Å²) in [6.45, 7) is 0. The van der Waals surface area contributed by atoms with Crippen molar-refractivity contribution in [1.82, 2.24) is 9.97 Å². The minimum atomic E-state index is -0.588. The number of rotatable bonds is 2. The molecule has 7 heteroatoms. The van der Waals surface area contributed by atoms with Crippen molar-refractivity contribution in [1.29, 1.82) is 0 Å². The maximum atomic E-state index is 11.0. The lowest BCUT2D eigenvalue weighted by molar-refractivity contribution is 0.100. The Morgan fingerprint density at radius 2 is 2.31 bits per heavy atom. The van der Waals surface area contributed by atoms with Crippen LogP contribution in [0, 0.1) is 0 Å². The molecule has 1 saturated heterocycles. The number of nitrogens with two attached hydrogens (primary N) is 2. The summed E-state index contributed by atoms with van der Waals surface area (Å²) in [5, 5.41) is 0.267. The Bertz CT molecular complexity index is 406. The molecule has 4 N–H and O–H groups in total. The van der Waals surface area contributed by atoms with Gasteiger partial charge in [0.1, 0.15) is 11.6 Å². The van der Waals surface area contributed by atoms with Crippen LogP contribution >= 0.6 is 23.5 Å². The summed E-state index contributed by atoms with van der Waals surface area (Å²) < 4.78 is 0. The summed E-state index contributed by atoms with van der Waals surface area (Å²) in [5.41, 5.74) is 11.0. The molecule has 1 aromatic rings. The standard InChI is InChI=1S/C9H12N4OS2/c10-7-5(8(11)14)3-12-9(13-7)6-4-15-1-2-16-6/h3,6H,1-2,4H2,(H2,11,14)(H2,10,12,13). The van der Waals surface area contributed by atoms with Gasteiger partial charge < -0.3 is 11.5 Å². The highest BCUT2D eigenvalue weighted by atomic mass is 32.2. The summed E-state index contributed by atoms with van der Waals surface area (Å²) in [4.78, 5) is 19.3. The van der Waals surface area contributed by atoms with Crippen LogP contribution in [0.15, 0.2) is 6.20 Å². The van der Waals surface area contributed by atoms with Crippen LogP contribution in [0.3, 0.4) is 0 Å². The van der Waals surface area contributed by atoms with Crippen molar-refractivity contribution in [2.24, 2.45) is 5.73 Å².